The molecule has 0 aliphatic carbocycles. The van der Waals surface area contributed by atoms with Gasteiger partial charge >= 0.3 is 0 Å². The monoisotopic (exact) mass is 256 g/mol. The van der Waals surface area contributed by atoms with Crippen molar-refractivity contribution < 1.29 is 4.39 Å². The Hall–Kier alpha value is -2.61. The van der Waals surface area contributed by atoms with Crippen LogP contribution in [0.25, 0.3) is 0 Å². The molecule has 0 aliphatic heterocycles. The number of nitrogens with two attached hydrogens (primary N) is 1. The number of aromatic nitrogens is 1. The van der Waals surface area contributed by atoms with Crippen LogP contribution in [-0.4, -0.2) is 11.5 Å². The average molecular weight is 256 g/mol. The number of nitrogens with zero attached hydrogens (tertiary/aromatic N) is 2. The van der Waals surface area contributed by atoms with Crippen molar-refractivity contribution in [2.45, 2.75) is 6.42 Å². The highest BCUT2D eigenvalue weighted by Crippen LogP contribution is 2.15. The molecule has 1 aromatic carbocycles. The van der Waals surface area contributed by atoms with E-state index in [-0.39, 0.29) is 5.82 Å². The number of halogens is 1. The molecule has 1 heterocycles. The first-order valence-corrected chi connectivity index (χ1v) is 5.83. The second-order valence-corrected chi connectivity index (χ2v) is 4.08. The summed E-state index contributed by atoms with van der Waals surface area (Å²) in [7, 11) is 0. The summed E-state index contributed by atoms with van der Waals surface area (Å²) in [5.74, 6) is 0.295. The third-order valence-electron chi connectivity index (χ3n) is 2.64. The van der Waals surface area contributed by atoms with E-state index in [9.17, 15) is 4.39 Å². The molecule has 0 unspecified atom stereocenters. The van der Waals surface area contributed by atoms with Gasteiger partial charge in [-0.05, 0) is 30.2 Å². The van der Waals surface area contributed by atoms with Crippen LogP contribution in [-0.2, 0) is 6.42 Å². The number of benzene rings is 1. The average Bonchev–Trinajstić information content (AvgIpc) is 2.40. The van der Waals surface area contributed by atoms with Crippen LogP contribution in [0.3, 0.4) is 0 Å². The molecule has 2 aromatic rings. The number of hydrogen-bond acceptors (Lipinski definition) is 4. The Morgan fingerprint density at radius 3 is 2.89 bits per heavy atom. The third kappa shape index (κ3) is 3.42. The van der Waals surface area contributed by atoms with Crippen molar-refractivity contribution in [1.29, 1.82) is 5.26 Å². The maximum Gasteiger partial charge on any atom is 0.149 e. The molecule has 0 atom stereocenters. The molecule has 3 N–H and O–H groups in total. The largest absolute Gasteiger partial charge is 0.396 e. The zero-order valence-electron chi connectivity index (χ0n) is 10.2. The van der Waals surface area contributed by atoms with Crippen LogP contribution in [0.4, 0.5) is 15.9 Å². The topological polar surface area (TPSA) is 74.7 Å². The zero-order chi connectivity index (χ0) is 13.7. The predicted octanol–water partition coefficient (Wildman–Crippen LogP) is 2.33. The Morgan fingerprint density at radius 2 is 2.21 bits per heavy atom. The summed E-state index contributed by atoms with van der Waals surface area (Å²) in [6, 6.07) is 9.99. The fourth-order valence-corrected chi connectivity index (χ4v) is 1.71. The van der Waals surface area contributed by atoms with Crippen LogP contribution in [0.1, 0.15) is 11.1 Å². The molecule has 0 aliphatic rings. The van der Waals surface area contributed by atoms with E-state index in [1.54, 1.807) is 12.1 Å². The number of nitriles is 1. The van der Waals surface area contributed by atoms with Crippen LogP contribution >= 0.6 is 0 Å². The van der Waals surface area contributed by atoms with Gasteiger partial charge in [0.05, 0.1) is 11.3 Å². The van der Waals surface area contributed by atoms with E-state index in [2.05, 4.69) is 10.3 Å². The molecule has 1 aromatic heterocycles. The second-order valence-electron chi connectivity index (χ2n) is 4.08. The predicted molar refractivity (Wildman–Crippen MR) is 72.0 cm³/mol. The lowest BCUT2D eigenvalue weighted by Gasteiger charge is -2.08. The lowest BCUT2D eigenvalue weighted by molar-refractivity contribution is 0.625. The molecular formula is C14H13FN4. The van der Waals surface area contributed by atoms with Crippen LogP contribution < -0.4 is 11.1 Å². The Morgan fingerprint density at radius 1 is 1.37 bits per heavy atom. The van der Waals surface area contributed by atoms with E-state index in [1.165, 1.54) is 18.3 Å². The lowest BCUT2D eigenvalue weighted by Crippen LogP contribution is -2.08. The van der Waals surface area contributed by atoms with Gasteiger partial charge in [-0.3, -0.25) is 0 Å². The molecule has 5 heteroatoms. The highest BCUT2D eigenvalue weighted by atomic mass is 19.1. The summed E-state index contributed by atoms with van der Waals surface area (Å²) in [4.78, 5) is 4.07. The van der Waals surface area contributed by atoms with Gasteiger partial charge in [-0.25, -0.2) is 9.37 Å². The normalized spacial score (nSPS) is 9.89. The van der Waals surface area contributed by atoms with Crippen molar-refractivity contribution in [2.24, 2.45) is 0 Å². The number of rotatable bonds is 4. The molecule has 19 heavy (non-hydrogen) atoms. The highest BCUT2D eigenvalue weighted by Gasteiger charge is 2.02. The molecule has 0 radical (unpaired) electrons. The quantitative estimate of drug-likeness (QED) is 0.880. The number of nitrogen functional groups attached to an aromatic ring is 1. The minimum atomic E-state index is -0.242. The SMILES string of the molecule is N#Cc1cnc(NCCc2cccc(F)c2)c(N)c1. The maximum atomic E-state index is 13.0. The Bertz CT molecular complexity index is 619. The number of hydrogen-bond donors (Lipinski definition) is 2. The van der Waals surface area contributed by atoms with E-state index in [4.69, 9.17) is 11.0 Å². The van der Waals surface area contributed by atoms with Crippen LogP contribution in [0.15, 0.2) is 36.5 Å². The number of pyridine rings is 1. The van der Waals surface area contributed by atoms with E-state index in [0.717, 1.165) is 5.56 Å². The highest BCUT2D eigenvalue weighted by molar-refractivity contribution is 5.63. The summed E-state index contributed by atoms with van der Waals surface area (Å²) in [5, 5.41) is 11.8. The Kier molecular flexibility index (Phi) is 3.94. The van der Waals surface area contributed by atoms with Gasteiger partial charge in [0.2, 0.25) is 0 Å². The van der Waals surface area contributed by atoms with Gasteiger partial charge in [0.25, 0.3) is 0 Å². The molecule has 2 rings (SSSR count). The summed E-state index contributed by atoms with van der Waals surface area (Å²) in [6.07, 6.45) is 2.12. The molecule has 0 bridgehead atoms. The van der Waals surface area contributed by atoms with Gasteiger partial charge in [0.15, 0.2) is 0 Å². The minimum absolute atomic E-state index is 0.242. The summed E-state index contributed by atoms with van der Waals surface area (Å²) in [6.45, 7) is 0.590. The van der Waals surface area contributed by atoms with Gasteiger partial charge in [0, 0.05) is 12.7 Å². The maximum absolute atomic E-state index is 13.0. The molecule has 4 nitrogen and oxygen atoms in total. The minimum Gasteiger partial charge on any atom is -0.396 e. The molecule has 0 amide bonds. The molecule has 96 valence electrons. The third-order valence-corrected chi connectivity index (χ3v) is 2.64. The van der Waals surface area contributed by atoms with Crippen molar-refractivity contribution in [2.75, 3.05) is 17.6 Å². The van der Waals surface area contributed by atoms with E-state index < -0.39 is 0 Å². The van der Waals surface area contributed by atoms with Crippen molar-refractivity contribution >= 4 is 11.5 Å². The fourth-order valence-electron chi connectivity index (χ4n) is 1.71. The zero-order valence-corrected chi connectivity index (χ0v) is 10.2. The van der Waals surface area contributed by atoms with Gasteiger partial charge in [-0.1, -0.05) is 12.1 Å². The Balaban J connectivity index is 1.94. The van der Waals surface area contributed by atoms with E-state index in [1.807, 2.05) is 12.1 Å². The van der Waals surface area contributed by atoms with Crippen LogP contribution in [0.2, 0.25) is 0 Å². The van der Waals surface area contributed by atoms with Crippen molar-refractivity contribution in [1.82, 2.24) is 4.98 Å². The summed E-state index contributed by atoms with van der Waals surface area (Å²) in [5.41, 5.74) is 7.52. The van der Waals surface area contributed by atoms with Crippen molar-refractivity contribution in [3.05, 3.63) is 53.5 Å². The first-order chi connectivity index (χ1) is 9.19. The van der Waals surface area contributed by atoms with E-state index in [0.29, 0.717) is 30.0 Å². The Labute approximate surface area is 110 Å². The molecule has 0 saturated heterocycles. The van der Waals surface area contributed by atoms with Crippen molar-refractivity contribution in [3.8, 4) is 6.07 Å². The molecule has 0 fully saturated rings. The van der Waals surface area contributed by atoms with Gasteiger partial charge < -0.3 is 11.1 Å². The standard InChI is InChI=1S/C14H13FN4/c15-12-3-1-2-10(6-12)4-5-18-14-13(17)7-11(8-16)9-19-14/h1-3,6-7,9H,4-5,17H2,(H,18,19). The lowest BCUT2D eigenvalue weighted by atomic mass is 10.1. The first kappa shape index (κ1) is 12.8. The van der Waals surface area contributed by atoms with Gasteiger partial charge in [0.1, 0.15) is 17.7 Å². The summed E-state index contributed by atoms with van der Waals surface area (Å²) < 4.78 is 13.0. The van der Waals surface area contributed by atoms with Crippen molar-refractivity contribution in [3.63, 3.8) is 0 Å². The first-order valence-electron chi connectivity index (χ1n) is 5.83. The number of nitrogens with one attached hydrogen (secondary N) is 1. The second kappa shape index (κ2) is 5.83. The van der Waals surface area contributed by atoms with E-state index >= 15 is 0 Å². The molecular weight excluding hydrogens is 243 g/mol. The molecule has 0 spiro atoms. The summed E-state index contributed by atoms with van der Waals surface area (Å²) >= 11 is 0. The molecule has 0 saturated carbocycles. The smallest absolute Gasteiger partial charge is 0.149 e. The fraction of sp³-hybridized carbons (Fsp3) is 0.143. The van der Waals surface area contributed by atoms with Gasteiger partial charge in [-0.2, -0.15) is 5.26 Å². The van der Waals surface area contributed by atoms with Gasteiger partial charge in [-0.15, -0.1) is 0 Å². The number of anilines is 2. The van der Waals surface area contributed by atoms with Crippen LogP contribution in [0.5, 0.6) is 0 Å². The van der Waals surface area contributed by atoms with Crippen LogP contribution in [0, 0.1) is 17.1 Å².